The van der Waals surface area contributed by atoms with Gasteiger partial charge in [-0.1, -0.05) is 61.5 Å². The number of sulfone groups is 1. The fraction of sp³-hybridized carbons (Fsp3) is 0.259. The topological polar surface area (TPSA) is 46.6 Å². The number of hydrogen-bond donors (Lipinski definition) is 0. The standard InChI is InChI=1S/C27H31NO3S/c1-5-26(21-9-7-6-8-10-21)27(23-13-17-25(18-14-23)32(4,29)30)22-11-15-24(16-12-22)31-20-19-28(2)3/h6-18H,5,19-20H2,1-4H3/b27-26+. The Hall–Kier alpha value is -2.89. The van der Waals surface area contributed by atoms with Gasteiger partial charge in [0.1, 0.15) is 12.4 Å². The molecule has 168 valence electrons. The number of ether oxygens (including phenoxy) is 1. The average molecular weight is 450 g/mol. The first kappa shape index (κ1) is 23.8. The van der Waals surface area contributed by atoms with Gasteiger partial charge in [0.05, 0.1) is 4.90 Å². The second-order valence-corrected chi connectivity index (χ2v) is 10.1. The summed E-state index contributed by atoms with van der Waals surface area (Å²) in [4.78, 5) is 2.41. The van der Waals surface area contributed by atoms with Crippen molar-refractivity contribution in [1.82, 2.24) is 4.90 Å². The van der Waals surface area contributed by atoms with Crippen LogP contribution in [0.2, 0.25) is 0 Å². The molecule has 0 fully saturated rings. The lowest BCUT2D eigenvalue weighted by molar-refractivity contribution is 0.261. The van der Waals surface area contributed by atoms with Crippen molar-refractivity contribution >= 4 is 21.0 Å². The van der Waals surface area contributed by atoms with Crippen LogP contribution in [0.4, 0.5) is 0 Å². The van der Waals surface area contributed by atoms with Crippen LogP contribution in [0.15, 0.2) is 83.8 Å². The zero-order chi connectivity index (χ0) is 23.1. The summed E-state index contributed by atoms with van der Waals surface area (Å²) < 4.78 is 29.7. The largest absolute Gasteiger partial charge is 0.492 e. The van der Waals surface area contributed by atoms with Crippen molar-refractivity contribution in [2.75, 3.05) is 33.5 Å². The van der Waals surface area contributed by atoms with Crippen molar-refractivity contribution in [2.24, 2.45) is 0 Å². The monoisotopic (exact) mass is 449 g/mol. The maximum Gasteiger partial charge on any atom is 0.175 e. The molecule has 0 spiro atoms. The predicted molar refractivity (Wildman–Crippen MR) is 133 cm³/mol. The highest BCUT2D eigenvalue weighted by molar-refractivity contribution is 7.90. The van der Waals surface area contributed by atoms with Crippen molar-refractivity contribution in [3.05, 3.63) is 95.6 Å². The summed E-state index contributed by atoms with van der Waals surface area (Å²) in [5.41, 5.74) is 5.51. The van der Waals surface area contributed by atoms with E-state index in [9.17, 15) is 8.42 Å². The van der Waals surface area contributed by atoms with E-state index in [1.165, 1.54) is 11.8 Å². The smallest absolute Gasteiger partial charge is 0.175 e. The second-order valence-electron chi connectivity index (χ2n) is 8.05. The molecule has 3 aromatic carbocycles. The fourth-order valence-corrected chi connectivity index (χ4v) is 4.24. The summed E-state index contributed by atoms with van der Waals surface area (Å²) in [7, 11) is 0.800. The van der Waals surface area contributed by atoms with E-state index in [0.29, 0.717) is 11.5 Å². The van der Waals surface area contributed by atoms with Crippen LogP contribution in [-0.4, -0.2) is 46.8 Å². The van der Waals surface area contributed by atoms with E-state index >= 15 is 0 Å². The lowest BCUT2D eigenvalue weighted by atomic mass is 9.88. The molecule has 0 radical (unpaired) electrons. The summed E-state index contributed by atoms with van der Waals surface area (Å²) in [5.74, 6) is 0.833. The third kappa shape index (κ3) is 6.09. The number of allylic oxidation sites excluding steroid dienone is 1. The van der Waals surface area contributed by atoms with Crippen LogP contribution in [0.5, 0.6) is 5.75 Å². The van der Waals surface area contributed by atoms with E-state index in [0.717, 1.165) is 41.0 Å². The Morgan fingerprint density at radius 3 is 1.88 bits per heavy atom. The van der Waals surface area contributed by atoms with E-state index in [-0.39, 0.29) is 0 Å². The van der Waals surface area contributed by atoms with Gasteiger partial charge in [0.25, 0.3) is 0 Å². The lowest BCUT2D eigenvalue weighted by Gasteiger charge is -2.17. The molecular formula is C27H31NO3S. The van der Waals surface area contributed by atoms with Crippen molar-refractivity contribution < 1.29 is 13.2 Å². The van der Waals surface area contributed by atoms with Crippen LogP contribution in [0.1, 0.15) is 30.0 Å². The molecule has 0 saturated carbocycles. The first-order valence-corrected chi connectivity index (χ1v) is 12.7. The second kappa shape index (κ2) is 10.6. The summed E-state index contributed by atoms with van der Waals surface area (Å²) in [6.45, 7) is 3.63. The minimum absolute atomic E-state index is 0.322. The molecule has 0 unspecified atom stereocenters. The van der Waals surface area contributed by atoms with Gasteiger partial charge in [-0.05, 0) is 72.6 Å². The summed E-state index contributed by atoms with van der Waals surface area (Å²) >= 11 is 0. The van der Waals surface area contributed by atoms with E-state index in [2.05, 4.69) is 36.1 Å². The van der Waals surface area contributed by atoms with Gasteiger partial charge in [0.2, 0.25) is 0 Å². The van der Waals surface area contributed by atoms with E-state index in [1.54, 1.807) is 12.1 Å². The van der Waals surface area contributed by atoms with Crippen LogP contribution >= 0.6 is 0 Å². The first-order valence-electron chi connectivity index (χ1n) is 10.8. The average Bonchev–Trinajstić information content (AvgIpc) is 2.78. The van der Waals surface area contributed by atoms with Crippen molar-refractivity contribution in [2.45, 2.75) is 18.2 Å². The van der Waals surface area contributed by atoms with Gasteiger partial charge in [-0.15, -0.1) is 0 Å². The Bertz CT molecular complexity index is 1150. The van der Waals surface area contributed by atoms with E-state index in [1.807, 2.05) is 56.6 Å². The number of benzene rings is 3. The van der Waals surface area contributed by atoms with Crippen LogP contribution in [0.3, 0.4) is 0 Å². The number of rotatable bonds is 9. The Balaban J connectivity index is 2.06. The maximum atomic E-state index is 11.9. The molecule has 0 heterocycles. The van der Waals surface area contributed by atoms with Gasteiger partial charge in [0.15, 0.2) is 9.84 Å². The van der Waals surface area contributed by atoms with Gasteiger partial charge in [-0.25, -0.2) is 8.42 Å². The molecule has 0 aromatic heterocycles. The Labute approximate surface area is 192 Å². The van der Waals surface area contributed by atoms with Crippen LogP contribution in [-0.2, 0) is 9.84 Å². The maximum absolute atomic E-state index is 11.9. The van der Waals surface area contributed by atoms with Crippen molar-refractivity contribution in [1.29, 1.82) is 0 Å². The molecule has 4 nitrogen and oxygen atoms in total. The SMILES string of the molecule is CC/C(=C(/c1ccc(OCCN(C)C)cc1)c1ccc(S(C)(=O)=O)cc1)c1ccccc1. The molecule has 0 amide bonds. The van der Waals surface area contributed by atoms with Crippen molar-refractivity contribution in [3.63, 3.8) is 0 Å². The lowest BCUT2D eigenvalue weighted by Crippen LogP contribution is -2.19. The fourth-order valence-electron chi connectivity index (χ4n) is 3.61. The van der Waals surface area contributed by atoms with Crippen molar-refractivity contribution in [3.8, 4) is 5.75 Å². The Morgan fingerprint density at radius 1 is 0.812 bits per heavy atom. The molecule has 3 rings (SSSR count). The zero-order valence-electron chi connectivity index (χ0n) is 19.2. The molecule has 3 aromatic rings. The molecule has 0 saturated heterocycles. The number of nitrogens with zero attached hydrogens (tertiary/aromatic N) is 1. The molecule has 0 atom stereocenters. The van der Waals surface area contributed by atoms with Gasteiger partial charge in [0, 0.05) is 12.8 Å². The highest BCUT2D eigenvalue weighted by Gasteiger charge is 2.15. The molecule has 0 aliphatic carbocycles. The third-order valence-electron chi connectivity index (χ3n) is 5.30. The Morgan fingerprint density at radius 2 is 1.38 bits per heavy atom. The first-order chi connectivity index (χ1) is 15.3. The van der Waals surface area contributed by atoms with Gasteiger partial charge >= 0.3 is 0 Å². The summed E-state index contributed by atoms with van der Waals surface area (Å²) in [5, 5.41) is 0. The zero-order valence-corrected chi connectivity index (χ0v) is 20.0. The number of likely N-dealkylation sites (N-methyl/N-ethyl adjacent to an activating group) is 1. The molecule has 5 heteroatoms. The number of hydrogen-bond acceptors (Lipinski definition) is 4. The van der Waals surface area contributed by atoms with Crippen LogP contribution < -0.4 is 4.74 Å². The molecule has 32 heavy (non-hydrogen) atoms. The normalized spacial score (nSPS) is 12.5. The van der Waals surface area contributed by atoms with E-state index < -0.39 is 9.84 Å². The molecule has 0 N–H and O–H groups in total. The minimum atomic E-state index is -3.24. The van der Waals surface area contributed by atoms with Crippen LogP contribution in [0.25, 0.3) is 11.1 Å². The van der Waals surface area contributed by atoms with E-state index in [4.69, 9.17) is 4.74 Å². The highest BCUT2D eigenvalue weighted by atomic mass is 32.2. The van der Waals surface area contributed by atoms with Gasteiger partial charge < -0.3 is 9.64 Å². The molecule has 0 aliphatic rings. The van der Waals surface area contributed by atoms with Gasteiger partial charge in [-0.2, -0.15) is 0 Å². The molecule has 0 bridgehead atoms. The highest BCUT2D eigenvalue weighted by Crippen LogP contribution is 2.35. The quantitative estimate of drug-likeness (QED) is 0.411. The van der Waals surface area contributed by atoms with Crippen LogP contribution in [0, 0.1) is 0 Å². The minimum Gasteiger partial charge on any atom is -0.492 e. The predicted octanol–water partition coefficient (Wildman–Crippen LogP) is 5.40. The summed E-state index contributed by atoms with van der Waals surface area (Å²) in [6.07, 6.45) is 2.07. The molecular weight excluding hydrogens is 418 g/mol. The van der Waals surface area contributed by atoms with Gasteiger partial charge in [-0.3, -0.25) is 0 Å². The third-order valence-corrected chi connectivity index (χ3v) is 6.43. The summed E-state index contributed by atoms with van der Waals surface area (Å²) in [6, 6.07) is 25.6. The molecule has 0 aliphatic heterocycles. The Kier molecular flexibility index (Phi) is 7.89.